The van der Waals surface area contributed by atoms with Crippen LogP contribution in [0, 0.1) is 0 Å². The third-order valence-corrected chi connectivity index (χ3v) is 4.77. The molecule has 0 N–H and O–H groups in total. The molecule has 0 amide bonds. The highest BCUT2D eigenvalue weighted by Gasteiger charge is 2.05. The van der Waals surface area contributed by atoms with Gasteiger partial charge in [-0.3, -0.25) is 0 Å². The molecule has 5 heteroatoms. The number of allylic oxidation sites excluding steroid dienone is 1. The van der Waals surface area contributed by atoms with E-state index >= 15 is 0 Å². The molecule has 0 heterocycles. The Morgan fingerprint density at radius 1 is 1.06 bits per heavy atom. The summed E-state index contributed by atoms with van der Waals surface area (Å²) in [5.74, 6) is 2.61. The first-order valence-corrected chi connectivity index (χ1v) is 7.99. The molecule has 0 aliphatic rings. The molecule has 1 aromatic rings. The first kappa shape index (κ1) is 16.0. The summed E-state index contributed by atoms with van der Waals surface area (Å²) >= 11 is 10.3. The molecule has 0 aromatic heterocycles. The lowest BCUT2D eigenvalue weighted by molar-refractivity contribution is 0.303. The number of hydrogen-bond donors (Lipinski definition) is 0. The van der Waals surface area contributed by atoms with Crippen molar-refractivity contribution in [1.29, 1.82) is 0 Å². The lowest BCUT2D eigenvalue weighted by Crippen LogP contribution is -1.98. The molecule has 1 rings (SSSR count). The van der Waals surface area contributed by atoms with E-state index in [-0.39, 0.29) is 0 Å². The number of hydrogen-bond acceptors (Lipinski definition) is 2. The predicted octanol–water partition coefficient (Wildman–Crippen LogP) is 5.30. The maximum absolute atomic E-state index is 9.96. The Bertz CT molecular complexity index is 440. The van der Waals surface area contributed by atoms with Crippen LogP contribution in [0.4, 0.5) is 0 Å². The number of unbranched alkanes of at least 4 members (excludes halogenated alkanes) is 3. The van der Waals surface area contributed by atoms with Gasteiger partial charge in [-0.25, -0.2) is 4.79 Å². The molecule has 0 unspecified atom stereocenters. The molecule has 0 bridgehead atoms. The molecule has 0 aliphatic carbocycles. The van der Waals surface area contributed by atoms with Crippen molar-refractivity contribution >= 4 is 53.7 Å². The van der Waals surface area contributed by atoms with Crippen LogP contribution >= 0.6 is 47.8 Å². The number of rotatable bonds is 7. The van der Waals surface area contributed by atoms with Crippen molar-refractivity contribution in [2.45, 2.75) is 25.7 Å². The van der Waals surface area contributed by atoms with Gasteiger partial charge in [0.1, 0.15) is 11.7 Å². The topological polar surface area (TPSA) is 26.3 Å². The minimum Gasteiger partial charge on any atom is -0.492 e. The fourth-order valence-electron chi connectivity index (χ4n) is 1.38. The van der Waals surface area contributed by atoms with E-state index in [9.17, 15) is 4.79 Å². The first-order valence-electron chi connectivity index (χ1n) is 5.62. The zero-order chi connectivity index (χ0) is 13.4. The quantitative estimate of drug-likeness (QED) is 0.326. The number of halogens is 3. The average molecular weight is 441 g/mol. The first-order chi connectivity index (χ1) is 8.65. The van der Waals surface area contributed by atoms with E-state index in [2.05, 4.69) is 47.8 Å². The van der Waals surface area contributed by atoms with Crippen LogP contribution in [0.5, 0.6) is 5.75 Å². The molecule has 98 valence electrons. The number of benzene rings is 1. The summed E-state index contributed by atoms with van der Waals surface area (Å²) in [6.07, 6.45) is 5.37. The van der Waals surface area contributed by atoms with Gasteiger partial charge in [-0.2, -0.15) is 0 Å². The van der Waals surface area contributed by atoms with E-state index in [0.29, 0.717) is 6.61 Å². The van der Waals surface area contributed by atoms with E-state index in [1.165, 1.54) is 6.08 Å². The summed E-state index contributed by atoms with van der Waals surface area (Å²) in [7, 11) is 0. The SMILES string of the molecule is O=C=CCCCCCOc1cc(Br)c(Br)cc1Br. The van der Waals surface area contributed by atoms with E-state index in [0.717, 1.165) is 44.9 Å². The van der Waals surface area contributed by atoms with Crippen LogP contribution in [-0.2, 0) is 4.79 Å². The van der Waals surface area contributed by atoms with Crippen LogP contribution in [0.15, 0.2) is 31.6 Å². The van der Waals surface area contributed by atoms with Crippen molar-refractivity contribution in [3.8, 4) is 5.75 Å². The van der Waals surface area contributed by atoms with E-state index in [1.54, 1.807) is 5.94 Å². The Balaban J connectivity index is 2.31. The molecular formula is C13H13Br3O2. The van der Waals surface area contributed by atoms with Crippen molar-refractivity contribution < 1.29 is 9.53 Å². The minimum absolute atomic E-state index is 0.678. The minimum atomic E-state index is 0.678. The Morgan fingerprint density at radius 3 is 2.50 bits per heavy atom. The van der Waals surface area contributed by atoms with Crippen molar-refractivity contribution in [2.75, 3.05) is 6.61 Å². The summed E-state index contributed by atoms with van der Waals surface area (Å²) in [6.45, 7) is 0.678. The molecule has 0 spiro atoms. The third kappa shape index (κ3) is 5.70. The molecule has 0 atom stereocenters. The highest BCUT2D eigenvalue weighted by Crippen LogP contribution is 2.34. The molecule has 0 fully saturated rings. The van der Waals surface area contributed by atoms with Crippen LogP contribution in [0.2, 0.25) is 0 Å². The van der Waals surface area contributed by atoms with Crippen molar-refractivity contribution in [1.82, 2.24) is 0 Å². The van der Waals surface area contributed by atoms with Crippen LogP contribution in [0.1, 0.15) is 25.7 Å². The van der Waals surface area contributed by atoms with Gasteiger partial charge < -0.3 is 4.74 Å². The van der Waals surface area contributed by atoms with Gasteiger partial charge in [-0.05, 0) is 91.7 Å². The van der Waals surface area contributed by atoms with Gasteiger partial charge in [-0.1, -0.05) is 0 Å². The van der Waals surface area contributed by atoms with E-state index < -0.39 is 0 Å². The molecule has 1 aromatic carbocycles. The molecular weight excluding hydrogens is 428 g/mol. The molecule has 18 heavy (non-hydrogen) atoms. The molecule has 0 saturated heterocycles. The fraction of sp³-hybridized carbons (Fsp3) is 0.385. The van der Waals surface area contributed by atoms with Crippen LogP contribution in [0.25, 0.3) is 0 Å². The van der Waals surface area contributed by atoms with Crippen molar-refractivity contribution in [3.63, 3.8) is 0 Å². The summed E-state index contributed by atoms with van der Waals surface area (Å²) in [5, 5.41) is 0. The van der Waals surface area contributed by atoms with Crippen molar-refractivity contribution in [2.24, 2.45) is 0 Å². The van der Waals surface area contributed by atoms with Crippen molar-refractivity contribution in [3.05, 3.63) is 31.6 Å². The molecule has 2 nitrogen and oxygen atoms in total. The van der Waals surface area contributed by atoms with Gasteiger partial charge in [0.05, 0.1) is 11.1 Å². The second-order valence-corrected chi connectivity index (χ2v) is 6.28. The lowest BCUT2D eigenvalue weighted by atomic mass is 10.2. The summed E-state index contributed by atoms with van der Waals surface area (Å²) in [6, 6.07) is 3.89. The van der Waals surface area contributed by atoms with E-state index in [1.807, 2.05) is 12.1 Å². The van der Waals surface area contributed by atoms with E-state index in [4.69, 9.17) is 4.74 Å². The summed E-state index contributed by atoms with van der Waals surface area (Å²) in [4.78, 5) is 9.96. The highest BCUT2D eigenvalue weighted by molar-refractivity contribution is 9.13. The maximum atomic E-state index is 9.96. The highest BCUT2D eigenvalue weighted by atomic mass is 79.9. The van der Waals surface area contributed by atoms with Gasteiger partial charge in [0, 0.05) is 8.95 Å². The van der Waals surface area contributed by atoms with Gasteiger partial charge in [0.2, 0.25) is 0 Å². The Labute approximate surface area is 132 Å². The normalized spacial score (nSPS) is 9.94. The van der Waals surface area contributed by atoms with Crippen LogP contribution < -0.4 is 4.74 Å². The molecule has 0 radical (unpaired) electrons. The second-order valence-electron chi connectivity index (χ2n) is 3.72. The standard InChI is InChI=1S/C13H13Br3O2/c14-10-8-12(16)13(9-11(10)15)18-7-5-3-1-2-4-6-17/h4,8-9H,1-3,5,7H2. The summed E-state index contributed by atoms with van der Waals surface area (Å²) < 4.78 is 8.58. The zero-order valence-corrected chi connectivity index (χ0v) is 14.5. The number of carbonyl (C=O) groups excluding carboxylic acids is 1. The Morgan fingerprint density at radius 2 is 1.78 bits per heavy atom. The Kier molecular flexibility index (Phi) is 7.91. The maximum Gasteiger partial charge on any atom is 0.134 e. The number of ether oxygens (including phenoxy) is 1. The average Bonchev–Trinajstić information content (AvgIpc) is 2.34. The predicted molar refractivity (Wildman–Crippen MR) is 83.8 cm³/mol. The van der Waals surface area contributed by atoms with Gasteiger partial charge >= 0.3 is 0 Å². The summed E-state index contributed by atoms with van der Waals surface area (Å²) in [5.41, 5.74) is 0. The monoisotopic (exact) mass is 438 g/mol. The second kappa shape index (κ2) is 8.92. The molecule has 0 aliphatic heterocycles. The van der Waals surface area contributed by atoms with Gasteiger partial charge in [-0.15, -0.1) is 0 Å². The lowest BCUT2D eigenvalue weighted by Gasteiger charge is -2.09. The molecule has 0 saturated carbocycles. The van der Waals surface area contributed by atoms with Gasteiger partial charge in [0.25, 0.3) is 0 Å². The fourth-order valence-corrected chi connectivity index (χ4v) is 2.81. The Hall–Kier alpha value is -0.0900. The largest absolute Gasteiger partial charge is 0.492 e. The van der Waals surface area contributed by atoms with Crippen LogP contribution in [0.3, 0.4) is 0 Å². The zero-order valence-electron chi connectivity index (χ0n) is 9.72. The van der Waals surface area contributed by atoms with Gasteiger partial charge in [0.15, 0.2) is 0 Å². The van der Waals surface area contributed by atoms with Crippen LogP contribution in [-0.4, -0.2) is 12.5 Å². The third-order valence-electron chi connectivity index (χ3n) is 2.31. The smallest absolute Gasteiger partial charge is 0.134 e.